The summed E-state index contributed by atoms with van der Waals surface area (Å²) in [5.74, 6) is -0.339. The first kappa shape index (κ1) is 19.2. The molecule has 0 atom stereocenters. The SMILES string of the molecule is CC(C)(C)NC(=O)CN1CCCN(C(=O)Nc2ccc(F)cc2)CC1. The maximum Gasteiger partial charge on any atom is 0.321 e. The summed E-state index contributed by atoms with van der Waals surface area (Å²) in [6, 6.07) is 5.50. The molecule has 1 aromatic carbocycles. The van der Waals surface area contributed by atoms with E-state index in [2.05, 4.69) is 15.5 Å². The molecule has 138 valence electrons. The minimum atomic E-state index is -0.336. The largest absolute Gasteiger partial charge is 0.350 e. The number of hydrogen-bond acceptors (Lipinski definition) is 3. The Balaban J connectivity index is 1.83. The molecule has 25 heavy (non-hydrogen) atoms. The van der Waals surface area contributed by atoms with Gasteiger partial charge in [0.05, 0.1) is 6.54 Å². The van der Waals surface area contributed by atoms with Crippen molar-refractivity contribution in [3.8, 4) is 0 Å². The molecule has 0 aromatic heterocycles. The molecule has 0 unspecified atom stereocenters. The van der Waals surface area contributed by atoms with Gasteiger partial charge in [0.15, 0.2) is 0 Å². The molecule has 1 heterocycles. The fourth-order valence-electron chi connectivity index (χ4n) is 2.73. The van der Waals surface area contributed by atoms with Crippen molar-refractivity contribution in [2.45, 2.75) is 32.7 Å². The van der Waals surface area contributed by atoms with Gasteiger partial charge in [-0.05, 0) is 51.5 Å². The Bertz CT molecular complexity index is 598. The number of anilines is 1. The molecule has 1 aromatic rings. The summed E-state index contributed by atoms with van der Waals surface area (Å²) >= 11 is 0. The molecule has 2 rings (SSSR count). The van der Waals surface area contributed by atoms with Crippen molar-refractivity contribution in [3.05, 3.63) is 30.1 Å². The first-order valence-electron chi connectivity index (χ1n) is 8.58. The van der Waals surface area contributed by atoms with E-state index in [1.807, 2.05) is 20.8 Å². The van der Waals surface area contributed by atoms with Gasteiger partial charge >= 0.3 is 6.03 Å². The highest BCUT2D eigenvalue weighted by Crippen LogP contribution is 2.11. The third kappa shape index (κ3) is 6.70. The number of halogens is 1. The second-order valence-electron chi connectivity index (χ2n) is 7.35. The van der Waals surface area contributed by atoms with Gasteiger partial charge in [0.25, 0.3) is 0 Å². The highest BCUT2D eigenvalue weighted by molar-refractivity contribution is 5.89. The second kappa shape index (κ2) is 8.29. The first-order chi connectivity index (χ1) is 11.7. The Hall–Kier alpha value is -2.15. The van der Waals surface area contributed by atoms with Gasteiger partial charge in [-0.15, -0.1) is 0 Å². The molecule has 1 aliphatic rings. The van der Waals surface area contributed by atoms with E-state index in [4.69, 9.17) is 0 Å². The van der Waals surface area contributed by atoms with Crippen LogP contribution in [0.25, 0.3) is 0 Å². The number of amides is 3. The fourth-order valence-corrected chi connectivity index (χ4v) is 2.73. The van der Waals surface area contributed by atoms with Crippen LogP contribution in [0.2, 0.25) is 0 Å². The Morgan fingerprint density at radius 1 is 1.08 bits per heavy atom. The van der Waals surface area contributed by atoms with E-state index in [0.29, 0.717) is 31.9 Å². The Morgan fingerprint density at radius 3 is 2.40 bits per heavy atom. The summed E-state index contributed by atoms with van der Waals surface area (Å²) in [7, 11) is 0. The molecule has 1 fully saturated rings. The van der Waals surface area contributed by atoms with Gasteiger partial charge < -0.3 is 15.5 Å². The predicted octanol–water partition coefficient (Wildman–Crippen LogP) is 2.28. The summed E-state index contributed by atoms with van der Waals surface area (Å²) in [4.78, 5) is 28.2. The van der Waals surface area contributed by atoms with Crippen molar-refractivity contribution in [2.24, 2.45) is 0 Å². The van der Waals surface area contributed by atoms with Crippen LogP contribution in [0.1, 0.15) is 27.2 Å². The number of urea groups is 1. The minimum absolute atomic E-state index is 0.00304. The zero-order valence-electron chi connectivity index (χ0n) is 15.1. The zero-order chi connectivity index (χ0) is 18.4. The molecule has 0 bridgehead atoms. The van der Waals surface area contributed by atoms with Crippen LogP contribution in [-0.2, 0) is 4.79 Å². The fraction of sp³-hybridized carbons (Fsp3) is 0.556. The number of rotatable bonds is 3. The molecule has 0 saturated carbocycles. The lowest BCUT2D eigenvalue weighted by Gasteiger charge is -2.25. The summed E-state index contributed by atoms with van der Waals surface area (Å²) < 4.78 is 12.9. The average Bonchev–Trinajstić information content (AvgIpc) is 2.73. The molecule has 7 heteroatoms. The quantitative estimate of drug-likeness (QED) is 0.879. The zero-order valence-corrected chi connectivity index (χ0v) is 15.1. The maximum atomic E-state index is 12.9. The lowest BCUT2D eigenvalue weighted by atomic mass is 10.1. The third-order valence-electron chi connectivity index (χ3n) is 3.85. The lowest BCUT2D eigenvalue weighted by Crippen LogP contribution is -2.46. The van der Waals surface area contributed by atoms with E-state index in [0.717, 1.165) is 13.0 Å². The number of carbonyl (C=O) groups is 2. The number of hydrogen-bond donors (Lipinski definition) is 2. The highest BCUT2D eigenvalue weighted by atomic mass is 19.1. The molecule has 0 aliphatic carbocycles. The molecular weight excluding hydrogens is 323 g/mol. The molecule has 0 spiro atoms. The van der Waals surface area contributed by atoms with Crippen LogP contribution in [0.15, 0.2) is 24.3 Å². The first-order valence-corrected chi connectivity index (χ1v) is 8.58. The number of carbonyl (C=O) groups excluding carboxylic acids is 2. The van der Waals surface area contributed by atoms with Crippen molar-refractivity contribution in [1.29, 1.82) is 0 Å². The van der Waals surface area contributed by atoms with Crippen molar-refractivity contribution in [2.75, 3.05) is 38.0 Å². The number of nitrogens with one attached hydrogen (secondary N) is 2. The number of benzene rings is 1. The monoisotopic (exact) mass is 350 g/mol. The average molecular weight is 350 g/mol. The second-order valence-corrected chi connectivity index (χ2v) is 7.35. The van der Waals surface area contributed by atoms with Crippen LogP contribution in [0.5, 0.6) is 0 Å². The smallest absolute Gasteiger partial charge is 0.321 e. The van der Waals surface area contributed by atoms with Crippen LogP contribution in [0.4, 0.5) is 14.9 Å². The summed E-state index contributed by atoms with van der Waals surface area (Å²) in [6.45, 7) is 8.80. The molecule has 0 radical (unpaired) electrons. The van der Waals surface area contributed by atoms with Gasteiger partial charge in [-0.1, -0.05) is 0 Å². The van der Waals surface area contributed by atoms with Crippen LogP contribution >= 0.6 is 0 Å². The van der Waals surface area contributed by atoms with E-state index < -0.39 is 0 Å². The van der Waals surface area contributed by atoms with E-state index in [1.165, 1.54) is 24.3 Å². The van der Waals surface area contributed by atoms with E-state index in [-0.39, 0.29) is 23.3 Å². The molecule has 2 N–H and O–H groups in total. The molecular formula is C18H27FN4O2. The van der Waals surface area contributed by atoms with E-state index in [1.54, 1.807) is 4.90 Å². The number of nitrogens with zero attached hydrogens (tertiary/aromatic N) is 2. The van der Waals surface area contributed by atoms with Gasteiger partial charge in [-0.3, -0.25) is 9.69 Å². The lowest BCUT2D eigenvalue weighted by molar-refractivity contribution is -0.123. The van der Waals surface area contributed by atoms with Gasteiger partial charge in [-0.2, -0.15) is 0 Å². The summed E-state index contributed by atoms with van der Waals surface area (Å²) in [5, 5.41) is 5.73. The van der Waals surface area contributed by atoms with Crippen LogP contribution < -0.4 is 10.6 Å². The van der Waals surface area contributed by atoms with E-state index >= 15 is 0 Å². The molecule has 3 amide bonds. The van der Waals surface area contributed by atoms with Crippen LogP contribution in [0.3, 0.4) is 0 Å². The Morgan fingerprint density at radius 2 is 1.76 bits per heavy atom. The van der Waals surface area contributed by atoms with Gasteiger partial charge in [0, 0.05) is 37.4 Å². The van der Waals surface area contributed by atoms with Crippen molar-refractivity contribution < 1.29 is 14.0 Å². The van der Waals surface area contributed by atoms with Crippen LogP contribution in [0, 0.1) is 5.82 Å². The molecule has 6 nitrogen and oxygen atoms in total. The van der Waals surface area contributed by atoms with E-state index in [9.17, 15) is 14.0 Å². The normalized spacial score (nSPS) is 16.2. The topological polar surface area (TPSA) is 64.7 Å². The van der Waals surface area contributed by atoms with Gasteiger partial charge in [0.2, 0.25) is 5.91 Å². The molecule has 1 aliphatic heterocycles. The molecule has 1 saturated heterocycles. The predicted molar refractivity (Wildman–Crippen MR) is 95.9 cm³/mol. The summed E-state index contributed by atoms with van der Waals surface area (Å²) in [5.41, 5.74) is 0.321. The standard InChI is InChI=1S/C18H27FN4O2/c1-18(2,3)21-16(24)13-22-9-4-10-23(12-11-22)17(25)20-15-7-5-14(19)6-8-15/h5-8H,4,9-13H2,1-3H3,(H,20,25)(H,21,24). The maximum absolute atomic E-state index is 12.9. The third-order valence-corrected chi connectivity index (χ3v) is 3.85. The summed E-state index contributed by atoms with van der Waals surface area (Å²) in [6.07, 6.45) is 0.805. The van der Waals surface area contributed by atoms with Crippen molar-refractivity contribution in [3.63, 3.8) is 0 Å². The van der Waals surface area contributed by atoms with Gasteiger partial charge in [-0.25, -0.2) is 9.18 Å². The van der Waals surface area contributed by atoms with Crippen LogP contribution in [-0.4, -0.2) is 60.0 Å². The minimum Gasteiger partial charge on any atom is -0.350 e. The Labute approximate surface area is 148 Å². The van der Waals surface area contributed by atoms with Crippen molar-refractivity contribution >= 4 is 17.6 Å². The highest BCUT2D eigenvalue weighted by Gasteiger charge is 2.22. The van der Waals surface area contributed by atoms with Crippen molar-refractivity contribution in [1.82, 2.24) is 15.1 Å². The Kier molecular flexibility index (Phi) is 6.36. The van der Waals surface area contributed by atoms with Gasteiger partial charge in [0.1, 0.15) is 5.82 Å².